The minimum absolute atomic E-state index is 0.106. The van der Waals surface area contributed by atoms with E-state index in [1.807, 2.05) is 16.8 Å². The second-order valence-corrected chi connectivity index (χ2v) is 14.5. The van der Waals surface area contributed by atoms with Gasteiger partial charge in [-0.25, -0.2) is 0 Å². The van der Waals surface area contributed by atoms with E-state index in [0.29, 0.717) is 45.4 Å². The molecule has 3 aliphatic heterocycles. The van der Waals surface area contributed by atoms with Crippen LogP contribution in [0, 0.1) is 5.41 Å². The monoisotopic (exact) mass is 662 g/mol. The molecule has 3 aliphatic rings. The van der Waals surface area contributed by atoms with Crippen LogP contribution in [0.4, 0.5) is 0 Å². The molecule has 0 saturated carbocycles. The molecule has 0 fully saturated rings. The van der Waals surface area contributed by atoms with Crippen molar-refractivity contribution in [1.29, 1.82) is 0 Å². The zero-order valence-corrected chi connectivity index (χ0v) is 27.5. The molecule has 0 bridgehead atoms. The number of rotatable bonds is 6. The lowest BCUT2D eigenvalue weighted by molar-refractivity contribution is 0.145. The van der Waals surface area contributed by atoms with Gasteiger partial charge in [-0.3, -0.25) is 0 Å². The summed E-state index contributed by atoms with van der Waals surface area (Å²) in [6.45, 7) is 9.45. The highest BCUT2D eigenvalue weighted by Gasteiger charge is 2.37. The first-order valence-corrected chi connectivity index (χ1v) is 17.9. The first-order valence-electron chi connectivity index (χ1n) is 14.2. The molecule has 2 N–H and O–H groups in total. The molecule has 12 heteroatoms. The molecule has 4 aromatic rings. The van der Waals surface area contributed by atoms with E-state index in [0.717, 1.165) is 65.3 Å². The van der Waals surface area contributed by atoms with Crippen molar-refractivity contribution in [3.05, 3.63) is 34.5 Å². The van der Waals surface area contributed by atoms with Gasteiger partial charge in [-0.1, -0.05) is 33.3 Å². The molecule has 0 saturated heterocycles. The van der Waals surface area contributed by atoms with E-state index in [1.165, 1.54) is 12.5 Å². The van der Waals surface area contributed by atoms with Crippen molar-refractivity contribution < 1.29 is 38.6 Å². The Morgan fingerprint density at radius 2 is 1.26 bits per heavy atom. The molecule has 6 heterocycles. The lowest BCUT2D eigenvalue weighted by Crippen LogP contribution is -2.32. The molecule has 230 valence electrons. The van der Waals surface area contributed by atoms with Crippen LogP contribution in [-0.2, 0) is 5.75 Å². The molecule has 0 spiro atoms. The average Bonchev–Trinajstić information content (AvgIpc) is 3.69. The van der Waals surface area contributed by atoms with Gasteiger partial charge in [0.15, 0.2) is 46.0 Å². The quantitative estimate of drug-likeness (QED) is 0.198. The molecule has 0 aliphatic carbocycles. The van der Waals surface area contributed by atoms with Crippen molar-refractivity contribution in [3.8, 4) is 65.5 Å². The maximum absolute atomic E-state index is 9.84. The van der Waals surface area contributed by atoms with Gasteiger partial charge in [0.1, 0.15) is 26.4 Å². The molecule has 7 rings (SSSR count). The summed E-state index contributed by atoms with van der Waals surface area (Å²) in [7, 11) is 0. The van der Waals surface area contributed by atoms with Crippen LogP contribution in [0.2, 0.25) is 0 Å². The van der Waals surface area contributed by atoms with Crippen LogP contribution in [-0.4, -0.2) is 55.6 Å². The molecule has 1 aromatic carbocycles. The Labute approximate surface area is 267 Å². The van der Waals surface area contributed by atoms with Crippen molar-refractivity contribution in [2.45, 2.75) is 32.9 Å². The van der Waals surface area contributed by atoms with E-state index in [2.05, 4.69) is 20.8 Å². The Kier molecular flexibility index (Phi) is 9.08. The van der Waals surface area contributed by atoms with Crippen LogP contribution in [0.1, 0.15) is 32.8 Å². The molecular formula is C31H34O8S4. The number of fused-ring (bicyclic) bond motifs is 3. The van der Waals surface area contributed by atoms with Gasteiger partial charge in [-0.15, -0.1) is 34.0 Å². The van der Waals surface area contributed by atoms with Crippen LogP contribution in [0.15, 0.2) is 29.0 Å². The predicted molar refractivity (Wildman–Crippen MR) is 174 cm³/mol. The normalized spacial score (nSPS) is 16.2. The molecular weight excluding hydrogens is 629 g/mol. The van der Waals surface area contributed by atoms with Gasteiger partial charge in [-0.2, -0.15) is 11.8 Å². The highest BCUT2D eigenvalue weighted by Crippen LogP contribution is 2.61. The zero-order valence-electron chi connectivity index (χ0n) is 24.2. The molecule has 0 atom stereocenters. The molecule has 43 heavy (non-hydrogen) atoms. The van der Waals surface area contributed by atoms with E-state index in [9.17, 15) is 10.2 Å². The average molecular weight is 663 g/mol. The van der Waals surface area contributed by atoms with Gasteiger partial charge in [-0.05, 0) is 17.7 Å². The van der Waals surface area contributed by atoms with Crippen LogP contribution < -0.4 is 28.4 Å². The predicted octanol–water partition coefficient (Wildman–Crippen LogP) is 8.29. The van der Waals surface area contributed by atoms with Gasteiger partial charge < -0.3 is 38.6 Å². The Morgan fingerprint density at radius 3 is 1.79 bits per heavy atom. The number of ether oxygens (including phenoxy) is 6. The second-order valence-electron chi connectivity index (χ2n) is 10.7. The third kappa shape index (κ3) is 6.20. The van der Waals surface area contributed by atoms with Crippen molar-refractivity contribution in [1.82, 2.24) is 0 Å². The fourth-order valence-corrected chi connectivity index (χ4v) is 9.20. The van der Waals surface area contributed by atoms with Gasteiger partial charge in [0.05, 0.1) is 32.7 Å². The highest BCUT2D eigenvalue weighted by molar-refractivity contribution is 7.98. The highest BCUT2D eigenvalue weighted by atomic mass is 32.2. The maximum Gasteiger partial charge on any atom is 0.181 e. The first-order chi connectivity index (χ1) is 20.9. The Hall–Kier alpha value is -2.93. The van der Waals surface area contributed by atoms with E-state index in [4.69, 9.17) is 28.4 Å². The Morgan fingerprint density at radius 1 is 0.721 bits per heavy atom. The number of aromatic hydroxyl groups is 2. The summed E-state index contributed by atoms with van der Waals surface area (Å²) in [6, 6.07) is 4.94. The lowest BCUT2D eigenvalue weighted by Gasteiger charge is -2.26. The van der Waals surface area contributed by atoms with Gasteiger partial charge >= 0.3 is 0 Å². The standard InChI is InChI=1S/C28H26O8S4.C3H8/c1-28(14-37-9-15-2-3-16(29)17(30)8-15)12-35-22-23(36-13-28)27(25-21-19(11-39-25)32-5-7-34-21)40-26(22)24-20-18(10-38-24)31-4-6-33-20;1-3-2/h2-3,8,10-11,29-30H,4-7,9,12-14H2,1H3;3H2,1-2H3. The van der Waals surface area contributed by atoms with E-state index >= 15 is 0 Å². The number of phenols is 2. The molecule has 3 aromatic heterocycles. The fourth-order valence-electron chi connectivity index (χ4n) is 4.69. The third-order valence-corrected chi connectivity index (χ3v) is 11.5. The maximum atomic E-state index is 9.84. The minimum Gasteiger partial charge on any atom is -0.504 e. The summed E-state index contributed by atoms with van der Waals surface area (Å²) in [6.07, 6.45) is 1.25. The van der Waals surface area contributed by atoms with Crippen LogP contribution in [0.3, 0.4) is 0 Å². The number of hydrogen-bond donors (Lipinski definition) is 2. The SMILES string of the molecule is CC1(CSCc2ccc(O)c(O)c2)COc2c(-c3scc4c3OCCO4)sc(-c3scc4c3OCCO4)c2OC1.CCC. The van der Waals surface area contributed by atoms with Crippen molar-refractivity contribution >= 4 is 45.8 Å². The summed E-state index contributed by atoms with van der Waals surface area (Å²) >= 11 is 6.51. The van der Waals surface area contributed by atoms with Gasteiger partial charge in [0.2, 0.25) is 0 Å². The van der Waals surface area contributed by atoms with Crippen LogP contribution >= 0.6 is 45.8 Å². The minimum atomic E-state index is -0.266. The topological polar surface area (TPSA) is 95.8 Å². The molecule has 0 amide bonds. The third-order valence-electron chi connectivity index (χ3n) is 6.73. The van der Waals surface area contributed by atoms with Gasteiger partial charge in [0, 0.05) is 27.7 Å². The van der Waals surface area contributed by atoms with Crippen LogP contribution in [0.25, 0.3) is 19.5 Å². The fraction of sp³-hybridized carbons (Fsp3) is 0.419. The number of thioether (sulfide) groups is 1. The van der Waals surface area contributed by atoms with E-state index < -0.39 is 0 Å². The largest absolute Gasteiger partial charge is 0.504 e. The summed E-state index contributed by atoms with van der Waals surface area (Å²) in [5.74, 6) is 5.72. The number of benzene rings is 1. The van der Waals surface area contributed by atoms with Crippen molar-refractivity contribution in [3.63, 3.8) is 0 Å². The number of phenolic OH excluding ortho intramolecular Hbond substituents is 2. The lowest BCUT2D eigenvalue weighted by atomic mass is 9.96. The first kappa shape index (κ1) is 30.1. The van der Waals surface area contributed by atoms with E-state index in [1.54, 1.807) is 51.8 Å². The van der Waals surface area contributed by atoms with Crippen LogP contribution in [0.5, 0.6) is 46.0 Å². The number of thiophene rings is 3. The molecule has 0 radical (unpaired) electrons. The molecule has 8 nitrogen and oxygen atoms in total. The summed E-state index contributed by atoms with van der Waals surface area (Å²) in [4.78, 5) is 3.85. The van der Waals surface area contributed by atoms with Gasteiger partial charge in [0.25, 0.3) is 0 Å². The van der Waals surface area contributed by atoms with E-state index in [-0.39, 0.29) is 16.9 Å². The Bertz CT molecular complexity index is 1490. The van der Waals surface area contributed by atoms with Crippen molar-refractivity contribution in [2.75, 3.05) is 45.4 Å². The number of hydrogen-bond acceptors (Lipinski definition) is 12. The summed E-state index contributed by atoms with van der Waals surface area (Å²) in [5.41, 5.74) is 0.676. The summed E-state index contributed by atoms with van der Waals surface area (Å²) < 4.78 is 36.9. The van der Waals surface area contributed by atoms with Crippen molar-refractivity contribution in [2.24, 2.45) is 5.41 Å². The zero-order chi connectivity index (χ0) is 30.0. The molecule has 0 unspecified atom stereocenters. The summed E-state index contributed by atoms with van der Waals surface area (Å²) in [5, 5.41) is 23.4. The Balaban J connectivity index is 0.00000105. The second kappa shape index (κ2) is 13.0. The smallest absolute Gasteiger partial charge is 0.181 e.